The number of rotatable bonds is 6. The summed E-state index contributed by atoms with van der Waals surface area (Å²) in [5.74, 6) is 2.10. The lowest BCUT2D eigenvalue weighted by Crippen LogP contribution is -2.20. The predicted molar refractivity (Wildman–Crippen MR) is 126 cm³/mol. The third-order valence-corrected chi connectivity index (χ3v) is 7.88. The number of nitrogens with zero attached hydrogens (tertiary/aromatic N) is 1. The van der Waals surface area contributed by atoms with Gasteiger partial charge in [0, 0.05) is 17.7 Å². The van der Waals surface area contributed by atoms with Crippen molar-refractivity contribution in [3.05, 3.63) is 53.9 Å². The minimum Gasteiger partial charge on any atom is -0.489 e. The average Bonchev–Trinajstić information content (AvgIpc) is 3.17. The molecule has 158 valence electrons. The minimum absolute atomic E-state index is 0.369. The molecule has 1 heterocycles. The summed E-state index contributed by atoms with van der Waals surface area (Å²) >= 11 is 2.03. The van der Waals surface area contributed by atoms with Crippen molar-refractivity contribution in [3.63, 3.8) is 0 Å². The summed E-state index contributed by atoms with van der Waals surface area (Å²) in [6, 6.07) is 15.1. The number of benzene rings is 2. The molecule has 0 bridgehead atoms. The van der Waals surface area contributed by atoms with Gasteiger partial charge >= 0.3 is 0 Å². The fourth-order valence-corrected chi connectivity index (χ4v) is 6.18. The van der Waals surface area contributed by atoms with Gasteiger partial charge in [0.15, 0.2) is 0 Å². The van der Waals surface area contributed by atoms with Crippen molar-refractivity contribution >= 4 is 22.8 Å². The number of hydrogen-bond donors (Lipinski definition) is 1. The van der Waals surface area contributed by atoms with Crippen LogP contribution in [0.3, 0.4) is 0 Å². The molecule has 0 spiro atoms. The minimum atomic E-state index is 0.369. The molecule has 30 heavy (non-hydrogen) atoms. The Morgan fingerprint density at radius 1 is 0.900 bits per heavy atom. The molecule has 2 aliphatic rings. The van der Waals surface area contributed by atoms with Crippen LogP contribution in [0.15, 0.2) is 47.4 Å². The van der Waals surface area contributed by atoms with Gasteiger partial charge in [-0.1, -0.05) is 56.0 Å². The smallest absolute Gasteiger partial charge is 0.135 e. The van der Waals surface area contributed by atoms with E-state index in [4.69, 9.17) is 9.72 Å². The molecular formula is C26H32N2OS. The van der Waals surface area contributed by atoms with Crippen LogP contribution in [-0.2, 0) is 6.42 Å². The Balaban J connectivity index is 1.43. The normalized spacial score (nSPS) is 18.7. The summed E-state index contributed by atoms with van der Waals surface area (Å²) in [6.45, 7) is 0. The molecule has 0 unspecified atom stereocenters. The van der Waals surface area contributed by atoms with Gasteiger partial charge in [0.25, 0.3) is 0 Å². The second-order valence-electron chi connectivity index (χ2n) is 8.92. The Bertz CT molecular complexity index is 899. The third-order valence-electron chi connectivity index (χ3n) is 6.50. The highest BCUT2D eigenvalue weighted by atomic mass is 32.2. The predicted octanol–water partition coefficient (Wildman–Crippen LogP) is 7.29. The highest BCUT2D eigenvalue weighted by Crippen LogP contribution is 2.41. The Morgan fingerprint density at radius 2 is 1.63 bits per heavy atom. The van der Waals surface area contributed by atoms with E-state index in [0.29, 0.717) is 11.4 Å². The van der Waals surface area contributed by atoms with Crippen molar-refractivity contribution in [1.82, 2.24) is 9.97 Å². The first kappa shape index (κ1) is 20.0. The number of fused-ring (bicyclic) bond motifs is 1. The molecule has 0 atom stereocenters. The zero-order valence-corrected chi connectivity index (χ0v) is 18.6. The molecule has 0 radical (unpaired) electrons. The highest BCUT2D eigenvalue weighted by molar-refractivity contribution is 8.00. The van der Waals surface area contributed by atoms with Gasteiger partial charge in [-0.3, -0.25) is 0 Å². The maximum absolute atomic E-state index is 6.60. The van der Waals surface area contributed by atoms with E-state index in [2.05, 4.69) is 47.4 Å². The van der Waals surface area contributed by atoms with E-state index in [0.717, 1.165) is 29.0 Å². The van der Waals surface area contributed by atoms with E-state index in [9.17, 15) is 0 Å². The number of hydrogen-bond acceptors (Lipinski definition) is 3. The molecule has 0 amide bonds. The van der Waals surface area contributed by atoms with Crippen LogP contribution < -0.4 is 4.74 Å². The van der Waals surface area contributed by atoms with E-state index in [1.165, 1.54) is 74.7 Å². The fraction of sp³-hybridized carbons (Fsp3) is 0.500. The number of imidazole rings is 1. The van der Waals surface area contributed by atoms with Crippen LogP contribution in [0.4, 0.5) is 0 Å². The van der Waals surface area contributed by atoms with Crippen molar-refractivity contribution in [1.29, 1.82) is 0 Å². The van der Waals surface area contributed by atoms with E-state index in [1.54, 1.807) is 0 Å². The van der Waals surface area contributed by atoms with Gasteiger partial charge in [-0.25, -0.2) is 4.98 Å². The van der Waals surface area contributed by atoms with Crippen molar-refractivity contribution in [2.24, 2.45) is 0 Å². The third kappa shape index (κ3) is 4.85. The second-order valence-corrected chi connectivity index (χ2v) is 10.3. The van der Waals surface area contributed by atoms with Gasteiger partial charge in [-0.2, -0.15) is 0 Å². The molecule has 1 aromatic heterocycles. The molecule has 3 nitrogen and oxygen atoms in total. The zero-order chi connectivity index (χ0) is 20.2. The number of ether oxygens (including phenoxy) is 1. The zero-order valence-electron chi connectivity index (χ0n) is 17.7. The summed E-state index contributed by atoms with van der Waals surface area (Å²) in [7, 11) is 0. The van der Waals surface area contributed by atoms with Crippen LogP contribution in [0.2, 0.25) is 0 Å². The van der Waals surface area contributed by atoms with E-state index in [1.807, 2.05) is 11.8 Å². The van der Waals surface area contributed by atoms with Gasteiger partial charge in [0.2, 0.25) is 0 Å². The van der Waals surface area contributed by atoms with Gasteiger partial charge in [-0.05, 0) is 50.2 Å². The summed E-state index contributed by atoms with van der Waals surface area (Å²) in [4.78, 5) is 9.77. The fourth-order valence-electron chi connectivity index (χ4n) is 4.85. The molecule has 2 aromatic carbocycles. The summed E-state index contributed by atoms with van der Waals surface area (Å²) < 4.78 is 6.60. The number of aromatic nitrogens is 2. The first-order chi connectivity index (χ1) is 14.8. The molecule has 3 aromatic rings. The molecular weight excluding hydrogens is 388 g/mol. The maximum atomic E-state index is 6.60. The van der Waals surface area contributed by atoms with Crippen LogP contribution in [0.1, 0.15) is 75.6 Å². The summed E-state index contributed by atoms with van der Waals surface area (Å²) in [5.41, 5.74) is 3.45. The lowest BCUT2D eigenvalue weighted by Gasteiger charge is -2.26. The van der Waals surface area contributed by atoms with Gasteiger partial charge in [-0.15, -0.1) is 11.8 Å². The van der Waals surface area contributed by atoms with Crippen LogP contribution in [-0.4, -0.2) is 21.3 Å². The Morgan fingerprint density at radius 3 is 2.40 bits per heavy atom. The molecule has 0 aliphatic heterocycles. The van der Waals surface area contributed by atoms with Crippen molar-refractivity contribution < 1.29 is 4.74 Å². The molecule has 2 fully saturated rings. The number of H-pyrrole nitrogens is 1. The Kier molecular flexibility index (Phi) is 6.31. The number of thioether (sulfide) groups is 1. The number of aromatic amines is 1. The monoisotopic (exact) mass is 420 g/mol. The molecule has 0 saturated heterocycles. The average molecular weight is 421 g/mol. The van der Waals surface area contributed by atoms with Crippen LogP contribution in [0.25, 0.3) is 11.0 Å². The highest BCUT2D eigenvalue weighted by Gasteiger charge is 2.21. The molecule has 2 aliphatic carbocycles. The SMILES string of the molecule is c1ccc(Cc2nc3cc(SC4CCCCC4)c(OC4CCCCC4)cc3[nH]2)cc1. The van der Waals surface area contributed by atoms with Crippen molar-refractivity contribution in [3.8, 4) is 5.75 Å². The first-order valence-corrected chi connectivity index (χ1v) is 12.6. The lowest BCUT2D eigenvalue weighted by molar-refractivity contribution is 0.151. The quantitative estimate of drug-likeness (QED) is 0.455. The Labute approximate surface area is 184 Å². The lowest BCUT2D eigenvalue weighted by atomic mass is 9.98. The van der Waals surface area contributed by atoms with Crippen LogP contribution in [0, 0.1) is 0 Å². The number of nitrogens with one attached hydrogen (secondary N) is 1. The van der Waals surface area contributed by atoms with E-state index in [-0.39, 0.29) is 0 Å². The molecule has 1 N–H and O–H groups in total. The van der Waals surface area contributed by atoms with Crippen LogP contribution >= 0.6 is 11.8 Å². The van der Waals surface area contributed by atoms with Crippen LogP contribution in [0.5, 0.6) is 5.75 Å². The standard InChI is InChI=1S/C26H32N2OS/c1-4-10-19(11-5-1)16-26-27-22-17-24(29-20-12-6-2-7-13-20)25(18-23(22)28-26)30-21-14-8-3-9-15-21/h1,4-5,10-11,17-18,20-21H,2-3,6-9,12-16H2,(H,27,28). The molecule has 4 heteroatoms. The first-order valence-electron chi connectivity index (χ1n) is 11.7. The van der Waals surface area contributed by atoms with E-state index < -0.39 is 0 Å². The van der Waals surface area contributed by atoms with Gasteiger partial charge < -0.3 is 9.72 Å². The maximum Gasteiger partial charge on any atom is 0.135 e. The van der Waals surface area contributed by atoms with Crippen molar-refractivity contribution in [2.75, 3.05) is 0 Å². The van der Waals surface area contributed by atoms with E-state index >= 15 is 0 Å². The Hall–Kier alpha value is -1.94. The van der Waals surface area contributed by atoms with Gasteiger partial charge in [0.1, 0.15) is 11.6 Å². The van der Waals surface area contributed by atoms with Crippen molar-refractivity contribution in [2.45, 2.75) is 86.9 Å². The molecule has 2 saturated carbocycles. The van der Waals surface area contributed by atoms with Gasteiger partial charge in [0.05, 0.1) is 22.0 Å². The second kappa shape index (κ2) is 9.47. The largest absolute Gasteiger partial charge is 0.489 e. The summed E-state index contributed by atoms with van der Waals surface area (Å²) in [6.07, 6.45) is 14.3. The topological polar surface area (TPSA) is 37.9 Å². The summed E-state index contributed by atoms with van der Waals surface area (Å²) in [5, 5.41) is 0.715. The molecule has 5 rings (SSSR count).